The maximum Gasteiger partial charge on any atom is 0.131 e. The molecule has 0 saturated carbocycles. The fraction of sp³-hybridized carbons (Fsp3) is 0.600. The maximum atomic E-state index is 14.1. The van der Waals surface area contributed by atoms with Crippen LogP contribution in [0.15, 0.2) is 18.2 Å². The molecule has 114 valence electrons. The van der Waals surface area contributed by atoms with E-state index >= 15 is 0 Å². The summed E-state index contributed by atoms with van der Waals surface area (Å²) in [6, 6.07) is 4.88. The molecule has 0 aliphatic heterocycles. The molecule has 0 radical (unpaired) electrons. The second-order valence-corrected chi connectivity index (χ2v) is 4.39. The van der Waals surface area contributed by atoms with Crippen molar-refractivity contribution in [2.24, 2.45) is 0 Å². The monoisotopic (exact) mass is 285 g/mol. The van der Waals surface area contributed by atoms with Crippen molar-refractivity contribution < 1.29 is 18.6 Å². The summed E-state index contributed by atoms with van der Waals surface area (Å²) in [7, 11) is 3.16. The van der Waals surface area contributed by atoms with Gasteiger partial charge in [0.25, 0.3) is 0 Å². The predicted octanol–water partition coefficient (Wildman–Crippen LogP) is 2.54. The molecule has 5 heteroatoms. The van der Waals surface area contributed by atoms with Gasteiger partial charge in [-0.2, -0.15) is 0 Å². The molecular weight excluding hydrogens is 261 g/mol. The molecule has 0 heterocycles. The first-order chi connectivity index (χ1) is 9.72. The summed E-state index contributed by atoms with van der Waals surface area (Å²) in [5.74, 6) is 0.269. The van der Waals surface area contributed by atoms with Crippen LogP contribution in [-0.2, 0) is 9.47 Å². The van der Waals surface area contributed by atoms with Crippen molar-refractivity contribution in [3.8, 4) is 5.75 Å². The van der Waals surface area contributed by atoms with Gasteiger partial charge in [0, 0.05) is 31.4 Å². The van der Waals surface area contributed by atoms with Crippen LogP contribution < -0.4 is 10.1 Å². The molecule has 0 aliphatic rings. The highest BCUT2D eigenvalue weighted by Crippen LogP contribution is 2.24. The lowest BCUT2D eigenvalue weighted by Crippen LogP contribution is -2.23. The number of rotatable bonds is 10. The van der Waals surface area contributed by atoms with Crippen LogP contribution in [0, 0.1) is 5.82 Å². The Morgan fingerprint density at radius 1 is 1.20 bits per heavy atom. The first kappa shape index (κ1) is 16.9. The van der Waals surface area contributed by atoms with Gasteiger partial charge in [0.1, 0.15) is 11.6 Å². The molecule has 4 nitrogen and oxygen atoms in total. The van der Waals surface area contributed by atoms with Gasteiger partial charge in [-0.3, -0.25) is 0 Å². The summed E-state index contributed by atoms with van der Waals surface area (Å²) in [6.07, 6.45) is 0.709. The first-order valence-corrected chi connectivity index (χ1v) is 6.86. The van der Waals surface area contributed by atoms with Crippen LogP contribution in [0.4, 0.5) is 4.39 Å². The molecule has 0 aromatic heterocycles. The summed E-state index contributed by atoms with van der Waals surface area (Å²) in [5.41, 5.74) is 0.642. The molecule has 1 aromatic carbocycles. The van der Waals surface area contributed by atoms with Gasteiger partial charge >= 0.3 is 0 Å². The average Bonchev–Trinajstić information content (AvgIpc) is 2.46. The van der Waals surface area contributed by atoms with Crippen LogP contribution in [0.5, 0.6) is 5.75 Å². The van der Waals surface area contributed by atoms with Gasteiger partial charge in [-0.25, -0.2) is 4.39 Å². The third-order valence-electron chi connectivity index (χ3n) is 3.02. The smallest absolute Gasteiger partial charge is 0.131 e. The summed E-state index contributed by atoms with van der Waals surface area (Å²) in [6.45, 7) is 4.46. The molecule has 20 heavy (non-hydrogen) atoms. The van der Waals surface area contributed by atoms with Crippen LogP contribution in [0.2, 0.25) is 0 Å². The predicted molar refractivity (Wildman–Crippen MR) is 76.7 cm³/mol. The van der Waals surface area contributed by atoms with Gasteiger partial charge in [-0.15, -0.1) is 0 Å². The molecule has 1 unspecified atom stereocenters. The molecule has 1 N–H and O–H groups in total. The zero-order chi connectivity index (χ0) is 14.8. The number of hydrogen-bond donors (Lipinski definition) is 1. The zero-order valence-electron chi connectivity index (χ0n) is 12.4. The molecule has 1 aromatic rings. The SMILES string of the molecule is CCNC(CCOCCOC)c1ccc(OC)cc1F. The summed E-state index contributed by atoms with van der Waals surface area (Å²) < 4.78 is 29.4. The molecule has 0 fully saturated rings. The molecule has 0 aliphatic carbocycles. The Morgan fingerprint density at radius 3 is 2.60 bits per heavy atom. The fourth-order valence-electron chi connectivity index (χ4n) is 1.98. The number of benzene rings is 1. The Hall–Kier alpha value is -1.17. The van der Waals surface area contributed by atoms with Gasteiger partial charge in [0.05, 0.1) is 20.3 Å². The summed E-state index contributed by atoms with van der Waals surface area (Å²) in [5, 5.41) is 3.28. The number of nitrogens with one attached hydrogen (secondary N) is 1. The van der Waals surface area contributed by atoms with Crippen molar-refractivity contribution >= 4 is 0 Å². The van der Waals surface area contributed by atoms with Crippen molar-refractivity contribution in [2.75, 3.05) is 40.6 Å². The van der Waals surface area contributed by atoms with Crippen molar-refractivity contribution in [2.45, 2.75) is 19.4 Å². The standard InChI is InChI=1S/C15H24FNO3/c1-4-17-15(7-8-20-10-9-18-2)13-6-5-12(19-3)11-14(13)16/h5-6,11,15,17H,4,7-10H2,1-3H3. The minimum Gasteiger partial charge on any atom is -0.497 e. The maximum absolute atomic E-state index is 14.1. The van der Waals surface area contributed by atoms with E-state index in [-0.39, 0.29) is 11.9 Å². The van der Waals surface area contributed by atoms with E-state index in [1.165, 1.54) is 13.2 Å². The lowest BCUT2D eigenvalue weighted by Gasteiger charge is -2.19. The fourth-order valence-corrected chi connectivity index (χ4v) is 1.98. The lowest BCUT2D eigenvalue weighted by atomic mass is 10.0. The summed E-state index contributed by atoms with van der Waals surface area (Å²) >= 11 is 0. The average molecular weight is 285 g/mol. The van der Waals surface area contributed by atoms with Gasteiger partial charge < -0.3 is 19.5 Å². The summed E-state index contributed by atoms with van der Waals surface area (Å²) in [4.78, 5) is 0. The molecular formula is C15H24FNO3. The highest BCUT2D eigenvalue weighted by Gasteiger charge is 2.15. The molecule has 0 spiro atoms. The highest BCUT2D eigenvalue weighted by atomic mass is 19.1. The minimum absolute atomic E-state index is 0.0616. The molecule has 0 saturated heterocycles. The third-order valence-corrected chi connectivity index (χ3v) is 3.02. The van der Waals surface area contributed by atoms with E-state index < -0.39 is 0 Å². The van der Waals surface area contributed by atoms with Crippen molar-refractivity contribution in [1.82, 2.24) is 5.32 Å². The second kappa shape index (κ2) is 9.69. The minimum atomic E-state index is -0.257. The van der Waals surface area contributed by atoms with E-state index in [1.54, 1.807) is 19.2 Å². The molecule has 0 bridgehead atoms. The van der Waals surface area contributed by atoms with E-state index in [0.29, 0.717) is 37.6 Å². The normalized spacial score (nSPS) is 12.4. The van der Waals surface area contributed by atoms with Crippen LogP contribution in [-0.4, -0.2) is 40.6 Å². The highest BCUT2D eigenvalue weighted by molar-refractivity contribution is 5.30. The van der Waals surface area contributed by atoms with Gasteiger partial charge in [-0.05, 0) is 19.0 Å². The van der Waals surface area contributed by atoms with Crippen molar-refractivity contribution in [1.29, 1.82) is 0 Å². The van der Waals surface area contributed by atoms with E-state index in [9.17, 15) is 4.39 Å². The Morgan fingerprint density at radius 2 is 2.00 bits per heavy atom. The Labute approximate surface area is 120 Å². The Balaban J connectivity index is 2.60. The largest absolute Gasteiger partial charge is 0.497 e. The zero-order valence-corrected chi connectivity index (χ0v) is 12.4. The first-order valence-electron chi connectivity index (χ1n) is 6.86. The number of ether oxygens (including phenoxy) is 3. The van der Waals surface area contributed by atoms with E-state index in [0.717, 1.165) is 6.54 Å². The number of methoxy groups -OCH3 is 2. The van der Waals surface area contributed by atoms with Crippen LogP contribution >= 0.6 is 0 Å². The van der Waals surface area contributed by atoms with Crippen molar-refractivity contribution in [3.63, 3.8) is 0 Å². The third kappa shape index (κ3) is 5.45. The van der Waals surface area contributed by atoms with Gasteiger partial charge in [0.15, 0.2) is 0 Å². The van der Waals surface area contributed by atoms with Gasteiger partial charge in [0.2, 0.25) is 0 Å². The Bertz CT molecular complexity index is 387. The van der Waals surface area contributed by atoms with Gasteiger partial charge in [-0.1, -0.05) is 13.0 Å². The number of hydrogen-bond acceptors (Lipinski definition) is 4. The van der Waals surface area contributed by atoms with Crippen LogP contribution in [0.25, 0.3) is 0 Å². The second-order valence-electron chi connectivity index (χ2n) is 4.39. The molecule has 1 atom stereocenters. The number of halogens is 1. The quantitative estimate of drug-likeness (QED) is 0.671. The topological polar surface area (TPSA) is 39.7 Å². The van der Waals surface area contributed by atoms with E-state index in [2.05, 4.69) is 5.32 Å². The molecule has 0 amide bonds. The van der Waals surface area contributed by atoms with Crippen molar-refractivity contribution in [3.05, 3.63) is 29.6 Å². The Kier molecular flexibility index (Phi) is 8.18. The van der Waals surface area contributed by atoms with Crippen LogP contribution in [0.3, 0.4) is 0 Å². The molecule has 1 rings (SSSR count). The lowest BCUT2D eigenvalue weighted by molar-refractivity contribution is 0.0657. The van der Waals surface area contributed by atoms with E-state index in [4.69, 9.17) is 14.2 Å². The van der Waals surface area contributed by atoms with E-state index in [1.807, 2.05) is 6.92 Å². The van der Waals surface area contributed by atoms with Crippen LogP contribution in [0.1, 0.15) is 24.9 Å².